The first-order valence-corrected chi connectivity index (χ1v) is 2.79. The minimum Gasteiger partial charge on any atom is -0.508 e. The number of phenols is 1. The second-order valence-electron chi connectivity index (χ2n) is 1.92. The molecular weight excluding hydrogens is 130 g/mol. The first-order valence-electron chi connectivity index (χ1n) is 2.79. The molecule has 4 nitrogen and oxygen atoms in total. The van der Waals surface area contributed by atoms with Crippen molar-refractivity contribution in [1.82, 2.24) is 0 Å². The summed E-state index contributed by atoms with van der Waals surface area (Å²) >= 11 is 0. The molecule has 0 fully saturated rings. The lowest BCUT2D eigenvalue weighted by Crippen LogP contribution is -2.08. The van der Waals surface area contributed by atoms with Crippen molar-refractivity contribution in [2.45, 2.75) is 0 Å². The molecule has 0 saturated heterocycles. The van der Waals surface area contributed by atoms with Gasteiger partial charge in [-0.15, -0.1) is 0 Å². The third-order valence-electron chi connectivity index (χ3n) is 1.19. The lowest BCUT2D eigenvalue weighted by molar-refractivity contribution is 0.476. The molecule has 6 N–H and O–H groups in total. The Morgan fingerprint density at radius 2 is 2.10 bits per heavy atom. The molecule has 54 valence electrons. The number of anilines is 2. The number of nitrogen functional groups attached to an aromatic ring is 2. The SMILES string of the molecule is NNc1ccc(O)cc1N. The maximum atomic E-state index is 8.88. The second kappa shape index (κ2) is 2.45. The summed E-state index contributed by atoms with van der Waals surface area (Å²) < 4.78 is 0. The number of hydrogen-bond donors (Lipinski definition) is 4. The molecule has 0 aromatic heterocycles. The van der Waals surface area contributed by atoms with Gasteiger partial charge < -0.3 is 16.3 Å². The summed E-state index contributed by atoms with van der Waals surface area (Å²) in [4.78, 5) is 0. The van der Waals surface area contributed by atoms with E-state index in [9.17, 15) is 0 Å². The van der Waals surface area contributed by atoms with Crippen LogP contribution in [0.5, 0.6) is 5.75 Å². The number of hydrogen-bond acceptors (Lipinski definition) is 4. The van der Waals surface area contributed by atoms with Crippen LogP contribution in [0.2, 0.25) is 0 Å². The molecule has 1 rings (SSSR count). The van der Waals surface area contributed by atoms with Crippen molar-refractivity contribution in [2.75, 3.05) is 11.2 Å². The summed E-state index contributed by atoms with van der Waals surface area (Å²) in [5.41, 5.74) is 8.86. The first-order chi connectivity index (χ1) is 4.74. The molecule has 0 amide bonds. The quantitative estimate of drug-likeness (QED) is 0.194. The van der Waals surface area contributed by atoms with Gasteiger partial charge >= 0.3 is 0 Å². The maximum absolute atomic E-state index is 8.88. The number of nitrogens with one attached hydrogen (secondary N) is 1. The largest absolute Gasteiger partial charge is 0.508 e. The normalized spacial score (nSPS) is 9.30. The van der Waals surface area contributed by atoms with Crippen molar-refractivity contribution in [3.8, 4) is 5.75 Å². The number of nitrogens with two attached hydrogens (primary N) is 2. The highest BCUT2D eigenvalue weighted by Crippen LogP contribution is 2.21. The van der Waals surface area contributed by atoms with Crippen LogP contribution >= 0.6 is 0 Å². The summed E-state index contributed by atoms with van der Waals surface area (Å²) in [6.07, 6.45) is 0. The Labute approximate surface area is 58.4 Å². The minimum absolute atomic E-state index is 0.136. The van der Waals surface area contributed by atoms with Gasteiger partial charge in [0.05, 0.1) is 11.4 Å². The first kappa shape index (κ1) is 6.70. The van der Waals surface area contributed by atoms with E-state index in [0.29, 0.717) is 11.4 Å². The van der Waals surface area contributed by atoms with E-state index in [4.69, 9.17) is 16.7 Å². The van der Waals surface area contributed by atoms with Gasteiger partial charge in [-0.2, -0.15) is 0 Å². The molecule has 0 unspecified atom stereocenters. The highest BCUT2D eigenvalue weighted by atomic mass is 16.3. The standard InChI is InChI=1S/C6H9N3O/c7-5-3-4(10)1-2-6(5)9-8/h1-3,9-10H,7-8H2. The Bertz CT molecular complexity index is 236. The second-order valence-corrected chi connectivity index (χ2v) is 1.92. The molecule has 1 aromatic carbocycles. The summed E-state index contributed by atoms with van der Waals surface area (Å²) in [5.74, 6) is 5.22. The van der Waals surface area contributed by atoms with E-state index in [1.165, 1.54) is 12.1 Å². The Balaban J connectivity index is 3.07. The molecule has 0 atom stereocenters. The van der Waals surface area contributed by atoms with Crippen LogP contribution in [-0.4, -0.2) is 5.11 Å². The van der Waals surface area contributed by atoms with Crippen molar-refractivity contribution in [1.29, 1.82) is 0 Å². The zero-order chi connectivity index (χ0) is 7.56. The van der Waals surface area contributed by atoms with E-state index < -0.39 is 0 Å². The van der Waals surface area contributed by atoms with Crippen LogP contribution in [0.3, 0.4) is 0 Å². The van der Waals surface area contributed by atoms with E-state index in [2.05, 4.69) is 5.43 Å². The average molecular weight is 139 g/mol. The topological polar surface area (TPSA) is 84.3 Å². The number of aromatic hydroxyl groups is 1. The lowest BCUT2D eigenvalue weighted by Gasteiger charge is -2.02. The Morgan fingerprint density at radius 3 is 2.60 bits per heavy atom. The van der Waals surface area contributed by atoms with E-state index in [1.54, 1.807) is 6.07 Å². The molecule has 0 heterocycles. The van der Waals surface area contributed by atoms with Crippen LogP contribution in [0.25, 0.3) is 0 Å². The average Bonchev–Trinajstić information content (AvgIpc) is 1.88. The van der Waals surface area contributed by atoms with E-state index >= 15 is 0 Å². The fraction of sp³-hybridized carbons (Fsp3) is 0. The van der Waals surface area contributed by atoms with Crippen molar-refractivity contribution in [3.63, 3.8) is 0 Å². The Kier molecular flexibility index (Phi) is 1.64. The van der Waals surface area contributed by atoms with Crippen molar-refractivity contribution in [3.05, 3.63) is 18.2 Å². The number of hydrazine groups is 1. The predicted molar refractivity (Wildman–Crippen MR) is 40.3 cm³/mol. The van der Waals surface area contributed by atoms with Gasteiger partial charge in [-0.3, -0.25) is 5.84 Å². The summed E-state index contributed by atoms with van der Waals surface area (Å²) in [6.45, 7) is 0. The maximum Gasteiger partial charge on any atom is 0.117 e. The molecule has 0 saturated carbocycles. The van der Waals surface area contributed by atoms with Gasteiger partial charge in [0.1, 0.15) is 5.75 Å². The van der Waals surface area contributed by atoms with Crippen molar-refractivity contribution >= 4 is 11.4 Å². The van der Waals surface area contributed by atoms with Gasteiger partial charge in [0.15, 0.2) is 0 Å². The number of benzene rings is 1. The van der Waals surface area contributed by atoms with Gasteiger partial charge in [0, 0.05) is 6.07 Å². The lowest BCUT2D eigenvalue weighted by atomic mass is 10.2. The van der Waals surface area contributed by atoms with Crippen LogP contribution in [0, 0.1) is 0 Å². The highest BCUT2D eigenvalue weighted by Gasteiger charge is 1.95. The van der Waals surface area contributed by atoms with E-state index in [-0.39, 0.29) is 5.75 Å². The Morgan fingerprint density at radius 1 is 1.40 bits per heavy atom. The molecule has 0 aliphatic heterocycles. The molecule has 0 bridgehead atoms. The van der Waals surface area contributed by atoms with E-state index in [1.807, 2.05) is 0 Å². The smallest absolute Gasteiger partial charge is 0.117 e. The molecule has 0 radical (unpaired) electrons. The predicted octanol–water partition coefficient (Wildman–Crippen LogP) is 0.260. The summed E-state index contributed by atoms with van der Waals surface area (Å²) in [6, 6.07) is 4.53. The van der Waals surface area contributed by atoms with Gasteiger partial charge in [0.25, 0.3) is 0 Å². The van der Waals surface area contributed by atoms with Gasteiger partial charge in [-0.1, -0.05) is 0 Å². The number of rotatable bonds is 1. The molecule has 0 aliphatic rings. The zero-order valence-corrected chi connectivity index (χ0v) is 5.33. The highest BCUT2D eigenvalue weighted by molar-refractivity contribution is 5.67. The van der Waals surface area contributed by atoms with Gasteiger partial charge in [0.2, 0.25) is 0 Å². The molecule has 1 aromatic rings. The zero-order valence-electron chi connectivity index (χ0n) is 5.33. The third-order valence-corrected chi connectivity index (χ3v) is 1.19. The molecule has 10 heavy (non-hydrogen) atoms. The molecule has 4 heteroatoms. The van der Waals surface area contributed by atoms with Crippen LogP contribution < -0.4 is 17.0 Å². The van der Waals surface area contributed by atoms with Crippen LogP contribution in [0.15, 0.2) is 18.2 Å². The summed E-state index contributed by atoms with van der Waals surface area (Å²) in [7, 11) is 0. The van der Waals surface area contributed by atoms with Crippen LogP contribution in [0.4, 0.5) is 11.4 Å². The van der Waals surface area contributed by atoms with E-state index in [0.717, 1.165) is 0 Å². The summed E-state index contributed by atoms with van der Waals surface area (Å²) in [5, 5.41) is 8.88. The molecular formula is C6H9N3O. The fourth-order valence-corrected chi connectivity index (χ4v) is 0.682. The monoisotopic (exact) mass is 139 g/mol. The van der Waals surface area contributed by atoms with Gasteiger partial charge in [-0.25, -0.2) is 0 Å². The fourth-order valence-electron chi connectivity index (χ4n) is 0.682. The van der Waals surface area contributed by atoms with Gasteiger partial charge in [-0.05, 0) is 12.1 Å². The van der Waals surface area contributed by atoms with Crippen LogP contribution in [-0.2, 0) is 0 Å². The Hall–Kier alpha value is -1.42. The molecule has 0 spiro atoms. The number of phenolic OH excluding ortho intramolecular Hbond substituents is 1. The molecule has 0 aliphatic carbocycles. The third kappa shape index (κ3) is 1.11. The van der Waals surface area contributed by atoms with Crippen LogP contribution in [0.1, 0.15) is 0 Å². The van der Waals surface area contributed by atoms with Crippen molar-refractivity contribution < 1.29 is 5.11 Å². The van der Waals surface area contributed by atoms with Crippen molar-refractivity contribution in [2.24, 2.45) is 5.84 Å². The minimum atomic E-state index is 0.136.